The van der Waals surface area contributed by atoms with E-state index in [4.69, 9.17) is 21.1 Å². The molecule has 1 amide bonds. The van der Waals surface area contributed by atoms with Crippen molar-refractivity contribution in [2.45, 2.75) is 19.8 Å². The first-order chi connectivity index (χ1) is 12.5. The molecule has 0 radical (unpaired) electrons. The van der Waals surface area contributed by atoms with Crippen molar-refractivity contribution < 1.29 is 14.3 Å². The molecule has 7 heteroatoms. The van der Waals surface area contributed by atoms with E-state index in [-0.39, 0.29) is 5.91 Å². The zero-order valence-corrected chi connectivity index (χ0v) is 16.3. The van der Waals surface area contributed by atoms with E-state index in [2.05, 4.69) is 17.2 Å². The molecule has 140 valence electrons. The summed E-state index contributed by atoms with van der Waals surface area (Å²) in [4.78, 5) is 18.5. The highest BCUT2D eigenvalue weighted by Gasteiger charge is 2.14. The molecule has 0 spiro atoms. The summed E-state index contributed by atoms with van der Waals surface area (Å²) >= 11 is 6.13. The summed E-state index contributed by atoms with van der Waals surface area (Å²) in [6, 6.07) is 6.81. The van der Waals surface area contributed by atoms with E-state index in [9.17, 15) is 4.79 Å². The van der Waals surface area contributed by atoms with Crippen LogP contribution in [0.15, 0.2) is 30.5 Å². The Morgan fingerprint density at radius 1 is 1.23 bits per heavy atom. The molecular formula is C19H24ClN3O3. The maximum atomic E-state index is 12.5. The van der Waals surface area contributed by atoms with Gasteiger partial charge < -0.3 is 19.7 Å². The summed E-state index contributed by atoms with van der Waals surface area (Å²) in [5.41, 5.74) is 1.21. The number of aromatic nitrogens is 1. The lowest BCUT2D eigenvalue weighted by Gasteiger charge is -2.17. The predicted octanol–water partition coefficient (Wildman–Crippen LogP) is 4.37. The van der Waals surface area contributed by atoms with Gasteiger partial charge in [-0.1, -0.05) is 24.9 Å². The van der Waals surface area contributed by atoms with Crippen LogP contribution >= 0.6 is 11.6 Å². The normalized spacial score (nSPS) is 10.3. The molecule has 26 heavy (non-hydrogen) atoms. The second kappa shape index (κ2) is 9.29. The van der Waals surface area contributed by atoms with Crippen molar-refractivity contribution in [1.82, 2.24) is 9.88 Å². The second-order valence-electron chi connectivity index (χ2n) is 5.82. The molecule has 0 aliphatic rings. The van der Waals surface area contributed by atoms with Gasteiger partial charge in [-0.2, -0.15) is 0 Å². The number of carbonyl (C=O) groups excluding carboxylic acids is 1. The Kier molecular flexibility index (Phi) is 7.09. The van der Waals surface area contributed by atoms with Gasteiger partial charge in [0.1, 0.15) is 17.3 Å². The van der Waals surface area contributed by atoms with E-state index >= 15 is 0 Å². The number of hydrogen-bond donors (Lipinski definition) is 1. The van der Waals surface area contributed by atoms with Gasteiger partial charge in [0.2, 0.25) is 0 Å². The third kappa shape index (κ3) is 4.79. The zero-order valence-electron chi connectivity index (χ0n) is 15.5. The summed E-state index contributed by atoms with van der Waals surface area (Å²) in [7, 11) is 4.90. The van der Waals surface area contributed by atoms with Gasteiger partial charge in [0.05, 0.1) is 24.9 Å². The molecule has 0 saturated heterocycles. The standard InChI is InChI=1S/C19H24ClN3O3/c1-5-6-9-23(2)19(24)13-7-8-21-18(10-13)22-15-12-16(25-3)14(20)11-17(15)26-4/h7-8,10-12H,5-6,9H2,1-4H3,(H,21,22). The van der Waals surface area contributed by atoms with E-state index in [1.807, 2.05) is 0 Å². The number of anilines is 2. The lowest BCUT2D eigenvalue weighted by molar-refractivity contribution is 0.0793. The summed E-state index contributed by atoms with van der Waals surface area (Å²) in [6.07, 6.45) is 3.61. The number of benzene rings is 1. The molecule has 0 atom stereocenters. The highest BCUT2D eigenvalue weighted by atomic mass is 35.5. The second-order valence-corrected chi connectivity index (χ2v) is 6.23. The molecule has 1 N–H and O–H groups in total. The number of ether oxygens (including phenoxy) is 2. The van der Waals surface area contributed by atoms with E-state index in [0.717, 1.165) is 19.4 Å². The molecule has 1 heterocycles. The monoisotopic (exact) mass is 377 g/mol. The smallest absolute Gasteiger partial charge is 0.253 e. The van der Waals surface area contributed by atoms with E-state index in [0.29, 0.717) is 33.6 Å². The number of amides is 1. The van der Waals surface area contributed by atoms with Gasteiger partial charge in [0.25, 0.3) is 5.91 Å². The van der Waals surface area contributed by atoms with Crippen LogP contribution < -0.4 is 14.8 Å². The minimum Gasteiger partial charge on any atom is -0.495 e. The van der Waals surface area contributed by atoms with Crippen LogP contribution in [0.3, 0.4) is 0 Å². The van der Waals surface area contributed by atoms with Gasteiger partial charge in [-0.25, -0.2) is 4.98 Å². The van der Waals surface area contributed by atoms with Crippen molar-refractivity contribution in [3.8, 4) is 11.5 Å². The van der Waals surface area contributed by atoms with Crippen molar-refractivity contribution in [2.75, 3.05) is 33.1 Å². The maximum Gasteiger partial charge on any atom is 0.253 e. The highest BCUT2D eigenvalue weighted by molar-refractivity contribution is 6.32. The number of pyridine rings is 1. The summed E-state index contributed by atoms with van der Waals surface area (Å²) in [5, 5.41) is 3.61. The first-order valence-electron chi connectivity index (χ1n) is 8.40. The van der Waals surface area contributed by atoms with E-state index in [1.165, 1.54) is 0 Å². The topological polar surface area (TPSA) is 63.7 Å². The molecule has 0 aliphatic carbocycles. The van der Waals surface area contributed by atoms with Gasteiger partial charge >= 0.3 is 0 Å². The van der Waals surface area contributed by atoms with Crippen molar-refractivity contribution in [3.05, 3.63) is 41.0 Å². The average Bonchev–Trinajstić information content (AvgIpc) is 2.66. The number of nitrogens with one attached hydrogen (secondary N) is 1. The number of nitrogens with zero attached hydrogens (tertiary/aromatic N) is 2. The number of hydrogen-bond acceptors (Lipinski definition) is 5. The van der Waals surface area contributed by atoms with Crippen LogP contribution in [-0.4, -0.2) is 43.6 Å². The first kappa shape index (κ1) is 19.8. The molecule has 1 aromatic carbocycles. The van der Waals surface area contributed by atoms with Crippen LogP contribution in [0.5, 0.6) is 11.5 Å². The van der Waals surface area contributed by atoms with Crippen molar-refractivity contribution >= 4 is 29.0 Å². The number of methoxy groups -OCH3 is 2. The van der Waals surface area contributed by atoms with Crippen LogP contribution in [0, 0.1) is 0 Å². The number of halogens is 1. The lowest BCUT2D eigenvalue weighted by Crippen LogP contribution is -2.27. The maximum absolute atomic E-state index is 12.5. The quantitative estimate of drug-likeness (QED) is 0.740. The Morgan fingerprint density at radius 2 is 1.96 bits per heavy atom. The average molecular weight is 378 g/mol. The fourth-order valence-electron chi connectivity index (χ4n) is 2.45. The molecule has 6 nitrogen and oxygen atoms in total. The Balaban J connectivity index is 2.25. The highest BCUT2D eigenvalue weighted by Crippen LogP contribution is 2.37. The Hall–Kier alpha value is -2.47. The number of carbonyl (C=O) groups is 1. The molecule has 2 rings (SSSR count). The fraction of sp³-hybridized carbons (Fsp3) is 0.368. The van der Waals surface area contributed by atoms with Crippen LogP contribution in [0.2, 0.25) is 5.02 Å². The Morgan fingerprint density at radius 3 is 2.62 bits per heavy atom. The van der Waals surface area contributed by atoms with Gasteiger partial charge in [0, 0.05) is 37.5 Å². The SMILES string of the molecule is CCCCN(C)C(=O)c1ccnc(Nc2cc(OC)c(Cl)cc2OC)c1. The number of unbranched alkanes of at least 4 members (excludes halogenated alkanes) is 1. The van der Waals surface area contributed by atoms with Gasteiger partial charge in [-0.15, -0.1) is 0 Å². The molecule has 0 saturated carbocycles. The summed E-state index contributed by atoms with van der Waals surface area (Å²) in [5.74, 6) is 1.56. The van der Waals surface area contributed by atoms with Crippen LogP contribution in [0.1, 0.15) is 30.1 Å². The van der Waals surface area contributed by atoms with Gasteiger partial charge in [0.15, 0.2) is 0 Å². The predicted molar refractivity (Wildman–Crippen MR) is 104 cm³/mol. The molecule has 0 unspecified atom stereocenters. The van der Waals surface area contributed by atoms with Gasteiger partial charge in [-0.3, -0.25) is 4.79 Å². The molecule has 0 aliphatic heterocycles. The largest absolute Gasteiger partial charge is 0.495 e. The lowest BCUT2D eigenvalue weighted by atomic mass is 10.2. The summed E-state index contributed by atoms with van der Waals surface area (Å²) < 4.78 is 10.6. The minimum absolute atomic E-state index is 0.0375. The van der Waals surface area contributed by atoms with E-state index < -0.39 is 0 Å². The van der Waals surface area contributed by atoms with Crippen LogP contribution in [-0.2, 0) is 0 Å². The van der Waals surface area contributed by atoms with Crippen LogP contribution in [0.25, 0.3) is 0 Å². The Bertz CT molecular complexity index is 768. The number of rotatable bonds is 8. The van der Waals surface area contributed by atoms with Crippen molar-refractivity contribution in [3.63, 3.8) is 0 Å². The van der Waals surface area contributed by atoms with Gasteiger partial charge in [-0.05, 0) is 18.6 Å². The minimum atomic E-state index is -0.0375. The molecule has 2 aromatic rings. The van der Waals surface area contributed by atoms with Crippen molar-refractivity contribution in [1.29, 1.82) is 0 Å². The fourth-order valence-corrected chi connectivity index (χ4v) is 2.68. The van der Waals surface area contributed by atoms with E-state index in [1.54, 1.807) is 56.6 Å². The molecular weight excluding hydrogens is 354 g/mol. The molecule has 0 fully saturated rings. The molecule has 0 bridgehead atoms. The molecule has 1 aromatic heterocycles. The van der Waals surface area contributed by atoms with Crippen molar-refractivity contribution in [2.24, 2.45) is 0 Å². The summed E-state index contributed by atoms with van der Waals surface area (Å²) in [6.45, 7) is 2.82. The third-order valence-corrected chi connectivity index (χ3v) is 4.23. The zero-order chi connectivity index (χ0) is 19.1. The van der Waals surface area contributed by atoms with Crippen LogP contribution in [0.4, 0.5) is 11.5 Å². The third-order valence-electron chi connectivity index (χ3n) is 3.94. The first-order valence-corrected chi connectivity index (χ1v) is 8.78. The Labute approximate surface area is 159 Å².